The van der Waals surface area contributed by atoms with E-state index in [0.717, 1.165) is 12.0 Å². The zero-order valence-electron chi connectivity index (χ0n) is 15.3. The van der Waals surface area contributed by atoms with Crippen molar-refractivity contribution in [3.8, 4) is 11.3 Å². The van der Waals surface area contributed by atoms with Crippen molar-refractivity contribution >= 4 is 28.9 Å². The van der Waals surface area contributed by atoms with Gasteiger partial charge in [-0.25, -0.2) is 4.52 Å². The predicted molar refractivity (Wildman–Crippen MR) is 105 cm³/mol. The Balaban J connectivity index is 1.61. The van der Waals surface area contributed by atoms with E-state index in [-0.39, 0.29) is 17.7 Å². The fourth-order valence-corrected chi connectivity index (χ4v) is 3.69. The fourth-order valence-electron chi connectivity index (χ4n) is 3.44. The molecule has 3 heterocycles. The summed E-state index contributed by atoms with van der Waals surface area (Å²) >= 11 is 6.14. The van der Waals surface area contributed by atoms with Gasteiger partial charge in [-0.05, 0) is 36.8 Å². The van der Waals surface area contributed by atoms with Gasteiger partial charge in [0.05, 0.1) is 22.3 Å². The van der Waals surface area contributed by atoms with Crippen LogP contribution in [-0.4, -0.2) is 52.6 Å². The minimum Gasteiger partial charge on any atom is -0.380 e. The highest BCUT2D eigenvalue weighted by Gasteiger charge is 2.26. The third-order valence-electron chi connectivity index (χ3n) is 5.02. The van der Waals surface area contributed by atoms with E-state index in [1.54, 1.807) is 30.2 Å². The molecule has 28 heavy (non-hydrogen) atoms. The van der Waals surface area contributed by atoms with Gasteiger partial charge in [-0.3, -0.25) is 9.59 Å². The summed E-state index contributed by atoms with van der Waals surface area (Å²) in [5, 5.41) is 4.89. The van der Waals surface area contributed by atoms with Crippen molar-refractivity contribution in [1.82, 2.24) is 14.5 Å². The highest BCUT2D eigenvalue weighted by atomic mass is 35.5. The molecule has 0 aliphatic carbocycles. The lowest BCUT2D eigenvalue weighted by Gasteiger charge is -2.16. The summed E-state index contributed by atoms with van der Waals surface area (Å²) in [6, 6.07) is 12.3. The Morgan fingerprint density at radius 3 is 2.61 bits per heavy atom. The number of methoxy groups -OCH3 is 1. The first-order chi connectivity index (χ1) is 13.5. The molecule has 0 spiro atoms. The molecule has 1 aliphatic rings. The van der Waals surface area contributed by atoms with Crippen molar-refractivity contribution in [1.29, 1.82) is 0 Å². The monoisotopic (exact) mass is 398 g/mol. The number of aromatic nitrogens is 2. The van der Waals surface area contributed by atoms with Crippen molar-refractivity contribution in [2.75, 3.05) is 20.2 Å². The van der Waals surface area contributed by atoms with Crippen molar-refractivity contribution in [3.63, 3.8) is 0 Å². The largest absolute Gasteiger partial charge is 0.380 e. The average Bonchev–Trinajstić information content (AvgIpc) is 3.32. The second kappa shape index (κ2) is 7.26. The molecule has 1 fully saturated rings. The van der Waals surface area contributed by atoms with E-state index in [4.69, 9.17) is 22.1 Å². The molecule has 7 nitrogen and oxygen atoms in total. The number of fused-ring (bicyclic) bond motifs is 1. The first kappa shape index (κ1) is 18.5. The number of ether oxygens (including phenoxy) is 1. The average molecular weight is 399 g/mol. The van der Waals surface area contributed by atoms with Gasteiger partial charge in [-0.1, -0.05) is 23.7 Å². The van der Waals surface area contributed by atoms with Gasteiger partial charge < -0.3 is 15.4 Å². The zero-order chi connectivity index (χ0) is 19.8. The minimum atomic E-state index is -0.604. The molecule has 2 aromatic heterocycles. The van der Waals surface area contributed by atoms with E-state index in [9.17, 15) is 9.59 Å². The predicted octanol–water partition coefficient (Wildman–Crippen LogP) is 2.61. The molecule has 1 aliphatic heterocycles. The fraction of sp³-hybridized carbons (Fsp3) is 0.250. The summed E-state index contributed by atoms with van der Waals surface area (Å²) in [6.45, 7) is 1.31. The van der Waals surface area contributed by atoms with Crippen LogP contribution in [0.3, 0.4) is 0 Å². The lowest BCUT2D eigenvalue weighted by atomic mass is 10.1. The smallest absolute Gasteiger partial charge is 0.267 e. The Bertz CT molecular complexity index is 1060. The summed E-state index contributed by atoms with van der Waals surface area (Å²) in [6.07, 6.45) is 0.957. The first-order valence-electron chi connectivity index (χ1n) is 8.88. The summed E-state index contributed by atoms with van der Waals surface area (Å²) in [5.74, 6) is -0.616. The molecule has 1 unspecified atom stereocenters. The standard InChI is InChI=1S/C20H19ClN4O3/c1-28-14-8-9-24(11-14)20(27)13-4-2-12(3-5-13)16-6-7-17-15(21)10-18(19(22)26)25(17)23-16/h2-7,10,14H,8-9,11H2,1H3,(H2,22,26). The molecule has 1 aromatic carbocycles. The summed E-state index contributed by atoms with van der Waals surface area (Å²) in [7, 11) is 1.67. The van der Waals surface area contributed by atoms with Crippen LogP contribution in [0, 0.1) is 0 Å². The van der Waals surface area contributed by atoms with Crippen LogP contribution in [0.1, 0.15) is 27.3 Å². The Hall–Kier alpha value is -2.90. The molecular formula is C20H19ClN4O3. The highest BCUT2D eigenvalue weighted by Crippen LogP contribution is 2.25. The number of hydrogen-bond donors (Lipinski definition) is 1. The molecule has 0 radical (unpaired) electrons. The van der Waals surface area contributed by atoms with Gasteiger partial charge in [-0.15, -0.1) is 0 Å². The number of hydrogen-bond acceptors (Lipinski definition) is 4. The van der Waals surface area contributed by atoms with Crippen LogP contribution < -0.4 is 5.73 Å². The van der Waals surface area contributed by atoms with Crippen LogP contribution in [0.4, 0.5) is 0 Å². The molecule has 2 amide bonds. The molecule has 1 atom stereocenters. The maximum atomic E-state index is 12.6. The number of benzene rings is 1. The van der Waals surface area contributed by atoms with Crippen molar-refractivity contribution in [2.24, 2.45) is 5.73 Å². The molecule has 0 bridgehead atoms. The van der Waals surface area contributed by atoms with Crippen LogP contribution >= 0.6 is 11.6 Å². The molecular weight excluding hydrogens is 380 g/mol. The van der Waals surface area contributed by atoms with E-state index in [1.165, 1.54) is 10.6 Å². The molecule has 8 heteroatoms. The van der Waals surface area contributed by atoms with E-state index >= 15 is 0 Å². The number of primary amides is 1. The highest BCUT2D eigenvalue weighted by molar-refractivity contribution is 6.34. The maximum Gasteiger partial charge on any atom is 0.267 e. The van der Waals surface area contributed by atoms with E-state index < -0.39 is 5.91 Å². The van der Waals surface area contributed by atoms with Crippen LogP contribution in [0.5, 0.6) is 0 Å². The van der Waals surface area contributed by atoms with Gasteiger partial charge in [-0.2, -0.15) is 5.10 Å². The molecule has 0 saturated carbocycles. The van der Waals surface area contributed by atoms with E-state index in [1.807, 2.05) is 18.2 Å². The molecule has 2 N–H and O–H groups in total. The SMILES string of the molecule is COC1CCN(C(=O)c2ccc(-c3ccc4c(Cl)cc(C(N)=O)n4n3)cc2)C1. The summed E-state index contributed by atoms with van der Waals surface area (Å²) < 4.78 is 6.76. The second-order valence-corrected chi connectivity index (χ2v) is 7.14. The molecule has 4 rings (SSSR count). The van der Waals surface area contributed by atoms with Crippen LogP contribution in [0.2, 0.25) is 5.02 Å². The number of likely N-dealkylation sites (tertiary alicyclic amines) is 1. The number of amides is 2. The van der Waals surface area contributed by atoms with Crippen LogP contribution in [0.15, 0.2) is 42.5 Å². The third-order valence-corrected chi connectivity index (χ3v) is 5.32. The molecule has 144 valence electrons. The Labute approximate surface area is 166 Å². The minimum absolute atomic E-state index is 0.0114. The molecule has 3 aromatic rings. The lowest BCUT2D eigenvalue weighted by molar-refractivity contribution is 0.0724. The van der Waals surface area contributed by atoms with Crippen molar-refractivity contribution < 1.29 is 14.3 Å². The van der Waals surface area contributed by atoms with Crippen molar-refractivity contribution in [3.05, 3.63) is 58.7 Å². The maximum absolute atomic E-state index is 12.6. The Kier molecular flexibility index (Phi) is 4.78. The third kappa shape index (κ3) is 3.23. The van der Waals surface area contributed by atoms with E-state index in [2.05, 4.69) is 5.10 Å². The number of carbonyl (C=O) groups excluding carboxylic acids is 2. The lowest BCUT2D eigenvalue weighted by Crippen LogP contribution is -2.29. The number of nitrogens with zero attached hydrogens (tertiary/aromatic N) is 3. The van der Waals surface area contributed by atoms with Crippen LogP contribution in [-0.2, 0) is 4.74 Å². The van der Waals surface area contributed by atoms with Crippen molar-refractivity contribution in [2.45, 2.75) is 12.5 Å². The first-order valence-corrected chi connectivity index (χ1v) is 9.26. The van der Waals surface area contributed by atoms with Gasteiger partial charge in [0.1, 0.15) is 5.69 Å². The second-order valence-electron chi connectivity index (χ2n) is 6.73. The Morgan fingerprint density at radius 1 is 1.21 bits per heavy atom. The zero-order valence-corrected chi connectivity index (χ0v) is 16.0. The topological polar surface area (TPSA) is 89.9 Å². The quantitative estimate of drug-likeness (QED) is 0.731. The summed E-state index contributed by atoms with van der Waals surface area (Å²) in [5.41, 5.74) is 8.30. The van der Waals surface area contributed by atoms with E-state index in [0.29, 0.717) is 34.9 Å². The van der Waals surface area contributed by atoms with Gasteiger partial charge in [0.2, 0.25) is 0 Å². The van der Waals surface area contributed by atoms with Gasteiger partial charge >= 0.3 is 0 Å². The van der Waals surface area contributed by atoms with Crippen LogP contribution in [0.25, 0.3) is 16.8 Å². The summed E-state index contributed by atoms with van der Waals surface area (Å²) in [4.78, 5) is 26.1. The number of carbonyl (C=O) groups is 2. The van der Waals surface area contributed by atoms with Gasteiger partial charge in [0, 0.05) is 31.3 Å². The normalized spacial score (nSPS) is 16.6. The number of nitrogens with two attached hydrogens (primary N) is 1. The number of rotatable bonds is 4. The van der Waals surface area contributed by atoms with Gasteiger partial charge in [0.25, 0.3) is 11.8 Å². The number of halogens is 1. The van der Waals surface area contributed by atoms with Gasteiger partial charge in [0.15, 0.2) is 0 Å². The Morgan fingerprint density at radius 2 is 1.96 bits per heavy atom. The molecule has 1 saturated heterocycles.